The second-order valence-electron chi connectivity index (χ2n) is 4.49. The molecule has 1 aliphatic heterocycles. The lowest BCUT2D eigenvalue weighted by atomic mass is 10.0. The molecule has 4 nitrogen and oxygen atoms in total. The van der Waals surface area contributed by atoms with Gasteiger partial charge in [-0.25, -0.2) is 9.98 Å². The molecule has 102 valence electrons. The Morgan fingerprint density at radius 3 is 3.05 bits per heavy atom. The highest BCUT2D eigenvalue weighted by molar-refractivity contribution is 7.82. The van der Waals surface area contributed by atoms with Gasteiger partial charge in [-0.3, -0.25) is 4.98 Å². The quantitative estimate of drug-likeness (QED) is 0.864. The van der Waals surface area contributed by atoms with Gasteiger partial charge in [0.2, 0.25) is 0 Å². The van der Waals surface area contributed by atoms with Crippen molar-refractivity contribution in [1.29, 1.82) is 0 Å². The molecule has 7 heteroatoms. The van der Waals surface area contributed by atoms with Gasteiger partial charge in [0.05, 0.1) is 21.2 Å². The van der Waals surface area contributed by atoms with Gasteiger partial charge in [-0.1, -0.05) is 23.8 Å². The van der Waals surface area contributed by atoms with Crippen LogP contribution in [0, 0.1) is 0 Å². The molecule has 0 spiro atoms. The molecule has 20 heavy (non-hydrogen) atoms. The number of pyridine rings is 1. The van der Waals surface area contributed by atoms with Gasteiger partial charge in [0.15, 0.2) is 0 Å². The second kappa shape index (κ2) is 5.29. The van der Waals surface area contributed by atoms with E-state index in [0.717, 1.165) is 15.8 Å². The fourth-order valence-corrected chi connectivity index (χ4v) is 3.00. The summed E-state index contributed by atoms with van der Waals surface area (Å²) >= 11 is 12.7. The van der Waals surface area contributed by atoms with E-state index in [9.17, 15) is 0 Å². The predicted molar refractivity (Wildman–Crippen MR) is 89.3 cm³/mol. The Hall–Kier alpha value is -1.21. The molecular formula is C13H11ClN4S2. The number of nitrogens with two attached hydrogens (primary N) is 1. The van der Waals surface area contributed by atoms with Gasteiger partial charge >= 0.3 is 0 Å². The Bertz CT molecular complexity index is 750. The minimum atomic E-state index is -0.600. The number of amidine groups is 1. The van der Waals surface area contributed by atoms with Crippen molar-refractivity contribution in [2.45, 2.75) is 19.0 Å². The molecule has 0 saturated carbocycles. The summed E-state index contributed by atoms with van der Waals surface area (Å²) in [6.45, 7) is 1.98. The average molecular weight is 323 g/mol. The molecule has 3 rings (SSSR count). The van der Waals surface area contributed by atoms with Gasteiger partial charge in [0.1, 0.15) is 17.2 Å². The van der Waals surface area contributed by atoms with Crippen LogP contribution in [0.3, 0.4) is 0 Å². The van der Waals surface area contributed by atoms with Crippen molar-refractivity contribution in [2.24, 2.45) is 15.7 Å². The smallest absolute Gasteiger partial charge is 0.148 e. The minimum Gasteiger partial charge on any atom is -0.305 e. The van der Waals surface area contributed by atoms with Crippen LogP contribution in [0.5, 0.6) is 0 Å². The molecule has 2 unspecified atom stereocenters. The predicted octanol–water partition coefficient (Wildman–Crippen LogP) is 3.10. The lowest BCUT2D eigenvalue weighted by Gasteiger charge is -2.18. The molecule has 3 heterocycles. The van der Waals surface area contributed by atoms with Gasteiger partial charge in [-0.2, -0.15) is 0 Å². The Morgan fingerprint density at radius 2 is 2.30 bits per heavy atom. The van der Waals surface area contributed by atoms with Crippen LogP contribution in [-0.4, -0.2) is 27.0 Å². The summed E-state index contributed by atoms with van der Waals surface area (Å²) in [5, 5.41) is 3.46. The van der Waals surface area contributed by atoms with Gasteiger partial charge in [0, 0.05) is 6.20 Å². The molecule has 2 N–H and O–H groups in total. The fourth-order valence-electron chi connectivity index (χ4n) is 1.97. The first-order valence-electron chi connectivity index (χ1n) is 6.01. The standard InChI is InChI=1S/C13H11ClN4S2/c1-6(13-17-11(14)10(19)12(15)18-13)8-4-7-2-3-20-9(7)5-16-8/h2-6,12H,15H2,1H3. The highest BCUT2D eigenvalue weighted by Crippen LogP contribution is 2.25. The highest BCUT2D eigenvalue weighted by atomic mass is 35.5. The van der Waals surface area contributed by atoms with Gasteiger partial charge in [-0.05, 0) is 29.8 Å². The van der Waals surface area contributed by atoms with E-state index in [4.69, 9.17) is 29.6 Å². The topological polar surface area (TPSA) is 63.6 Å². The number of aromatic nitrogens is 1. The third kappa shape index (κ3) is 2.40. The van der Waals surface area contributed by atoms with Gasteiger partial charge in [0.25, 0.3) is 0 Å². The van der Waals surface area contributed by atoms with E-state index in [1.165, 1.54) is 0 Å². The molecule has 0 saturated heterocycles. The second-order valence-corrected chi connectivity index (χ2v) is 6.23. The maximum absolute atomic E-state index is 6.00. The Morgan fingerprint density at radius 1 is 1.50 bits per heavy atom. The SMILES string of the molecule is CC(C1=NC(N)C(=S)C(Cl)=N1)c1cc2ccsc2cn1. The van der Waals surface area contributed by atoms with Crippen LogP contribution in [0.25, 0.3) is 10.1 Å². The van der Waals surface area contributed by atoms with E-state index >= 15 is 0 Å². The highest BCUT2D eigenvalue weighted by Gasteiger charge is 2.24. The van der Waals surface area contributed by atoms with E-state index in [2.05, 4.69) is 21.0 Å². The van der Waals surface area contributed by atoms with E-state index < -0.39 is 6.17 Å². The zero-order valence-corrected chi connectivity index (χ0v) is 13.0. The molecule has 2 aromatic rings. The molecule has 2 atom stereocenters. The summed E-state index contributed by atoms with van der Waals surface area (Å²) in [6.07, 6.45) is 1.27. The fraction of sp³-hybridized carbons (Fsp3) is 0.231. The van der Waals surface area contributed by atoms with Crippen LogP contribution in [0.1, 0.15) is 18.5 Å². The zero-order valence-electron chi connectivity index (χ0n) is 10.6. The molecular weight excluding hydrogens is 312 g/mol. The molecule has 0 aliphatic carbocycles. The van der Waals surface area contributed by atoms with Crippen molar-refractivity contribution >= 4 is 61.1 Å². The summed E-state index contributed by atoms with van der Waals surface area (Å²) in [5.41, 5.74) is 6.73. The average Bonchev–Trinajstić information content (AvgIpc) is 2.90. The number of nitrogens with zero attached hydrogens (tertiary/aromatic N) is 3. The van der Waals surface area contributed by atoms with Crippen molar-refractivity contribution in [3.05, 3.63) is 29.4 Å². The summed E-state index contributed by atoms with van der Waals surface area (Å²) in [6, 6.07) is 4.11. The molecule has 0 amide bonds. The first-order valence-corrected chi connectivity index (χ1v) is 7.67. The maximum atomic E-state index is 6.00. The number of halogens is 1. The van der Waals surface area contributed by atoms with Crippen molar-refractivity contribution < 1.29 is 0 Å². The van der Waals surface area contributed by atoms with Gasteiger partial charge in [-0.15, -0.1) is 11.3 Å². The van der Waals surface area contributed by atoms with Crippen LogP contribution in [0.2, 0.25) is 0 Å². The zero-order chi connectivity index (χ0) is 14.3. The first kappa shape index (κ1) is 13.8. The summed E-state index contributed by atoms with van der Waals surface area (Å²) < 4.78 is 1.16. The summed E-state index contributed by atoms with van der Waals surface area (Å²) in [4.78, 5) is 13.4. The Balaban J connectivity index is 1.98. The lowest BCUT2D eigenvalue weighted by molar-refractivity contribution is 0.878. The normalized spacial score (nSPS) is 20.8. The van der Waals surface area contributed by atoms with E-state index in [1.54, 1.807) is 11.3 Å². The number of hydrogen-bond acceptors (Lipinski definition) is 6. The van der Waals surface area contributed by atoms with Crippen LogP contribution >= 0.6 is 35.2 Å². The number of fused-ring (bicyclic) bond motifs is 1. The van der Waals surface area contributed by atoms with Crippen molar-refractivity contribution in [2.75, 3.05) is 0 Å². The van der Waals surface area contributed by atoms with E-state index in [1.807, 2.05) is 24.6 Å². The minimum absolute atomic E-state index is 0.0813. The third-order valence-electron chi connectivity index (χ3n) is 3.15. The summed E-state index contributed by atoms with van der Waals surface area (Å²) in [5.74, 6) is 0.486. The van der Waals surface area contributed by atoms with Crippen LogP contribution in [-0.2, 0) is 0 Å². The largest absolute Gasteiger partial charge is 0.305 e. The van der Waals surface area contributed by atoms with E-state index in [0.29, 0.717) is 10.7 Å². The maximum Gasteiger partial charge on any atom is 0.148 e. The summed E-state index contributed by atoms with van der Waals surface area (Å²) in [7, 11) is 0. The van der Waals surface area contributed by atoms with Crippen LogP contribution in [0.4, 0.5) is 0 Å². The molecule has 0 radical (unpaired) electrons. The van der Waals surface area contributed by atoms with Crippen molar-refractivity contribution in [1.82, 2.24) is 4.98 Å². The molecule has 2 aromatic heterocycles. The monoisotopic (exact) mass is 322 g/mol. The first-order chi connectivity index (χ1) is 9.56. The van der Waals surface area contributed by atoms with Crippen molar-refractivity contribution in [3.8, 4) is 0 Å². The number of rotatable bonds is 2. The van der Waals surface area contributed by atoms with Crippen LogP contribution in [0.15, 0.2) is 33.7 Å². The molecule has 1 aliphatic rings. The van der Waals surface area contributed by atoms with E-state index in [-0.39, 0.29) is 11.1 Å². The Kier molecular flexibility index (Phi) is 3.64. The number of hydrogen-bond donors (Lipinski definition) is 1. The number of aliphatic imine (C=N–C) groups is 2. The third-order valence-corrected chi connectivity index (χ3v) is 4.85. The van der Waals surface area contributed by atoms with Gasteiger partial charge < -0.3 is 5.73 Å². The lowest BCUT2D eigenvalue weighted by Crippen LogP contribution is -2.36. The molecule has 0 aromatic carbocycles. The number of thiocarbonyl (C=S) groups is 1. The van der Waals surface area contributed by atoms with Crippen LogP contribution < -0.4 is 5.73 Å². The molecule has 0 fully saturated rings. The molecule has 0 bridgehead atoms. The number of thiophene rings is 1. The van der Waals surface area contributed by atoms with Crippen molar-refractivity contribution in [3.63, 3.8) is 0 Å². The Labute approximate surface area is 130 Å².